The average Bonchev–Trinajstić information content (AvgIpc) is 3.10. The van der Waals surface area contributed by atoms with E-state index in [4.69, 9.17) is 0 Å². The van der Waals surface area contributed by atoms with Gasteiger partial charge in [-0.2, -0.15) is 5.10 Å². The fourth-order valence-electron chi connectivity index (χ4n) is 3.18. The molecular formula is C23H18N4O3S. The van der Waals surface area contributed by atoms with Gasteiger partial charge in [0, 0.05) is 12.1 Å². The molecule has 0 bridgehead atoms. The first-order valence-electron chi connectivity index (χ1n) is 9.57. The summed E-state index contributed by atoms with van der Waals surface area (Å²) in [6, 6.07) is 25.2. The van der Waals surface area contributed by atoms with Crippen LogP contribution in [0.4, 0.5) is 11.4 Å². The van der Waals surface area contributed by atoms with Gasteiger partial charge >= 0.3 is 0 Å². The van der Waals surface area contributed by atoms with Gasteiger partial charge in [-0.05, 0) is 29.7 Å². The highest BCUT2D eigenvalue weighted by atomic mass is 32.2. The second kappa shape index (κ2) is 9.36. The van der Waals surface area contributed by atoms with Gasteiger partial charge in [-0.25, -0.2) is 0 Å². The molecule has 4 rings (SSSR count). The van der Waals surface area contributed by atoms with Gasteiger partial charge in [0.25, 0.3) is 5.69 Å². The summed E-state index contributed by atoms with van der Waals surface area (Å²) in [6.07, 6.45) is 1.99. The number of carbonyl (C=O) groups is 1. The number of benzene rings is 3. The molecule has 0 N–H and O–H groups in total. The van der Waals surface area contributed by atoms with Crippen molar-refractivity contribution in [3.05, 3.63) is 106 Å². The molecule has 7 nitrogen and oxygen atoms in total. The Labute approximate surface area is 183 Å². The number of nitro groups is 1. The normalized spacial score (nSPS) is 17.5. The second-order valence-electron chi connectivity index (χ2n) is 6.78. The third-order valence-corrected chi connectivity index (χ3v) is 5.77. The lowest BCUT2D eigenvalue weighted by Gasteiger charge is -2.15. The Morgan fingerprint density at radius 2 is 1.71 bits per heavy atom. The smallest absolute Gasteiger partial charge is 0.269 e. The molecule has 1 aliphatic heterocycles. The second-order valence-corrected chi connectivity index (χ2v) is 7.95. The monoisotopic (exact) mass is 430 g/mol. The quantitative estimate of drug-likeness (QED) is 0.323. The van der Waals surface area contributed by atoms with Crippen LogP contribution in [0.25, 0.3) is 0 Å². The predicted molar refractivity (Wildman–Crippen MR) is 124 cm³/mol. The Hall–Kier alpha value is -3.78. The molecule has 1 fully saturated rings. The van der Waals surface area contributed by atoms with Crippen LogP contribution in [0.15, 0.2) is 95.1 Å². The lowest BCUT2D eigenvalue weighted by Crippen LogP contribution is -2.32. The predicted octanol–water partition coefficient (Wildman–Crippen LogP) is 4.68. The molecule has 154 valence electrons. The van der Waals surface area contributed by atoms with E-state index in [0.717, 1.165) is 11.1 Å². The number of hydrogen-bond acceptors (Lipinski definition) is 6. The zero-order valence-electron chi connectivity index (χ0n) is 16.4. The SMILES string of the molecule is O=C1C(Cc2cccc([N+](=O)[O-])c2)S/C(=N\N=C\c2ccccc2)N1c1ccccc1. The Kier molecular flexibility index (Phi) is 6.18. The van der Waals surface area contributed by atoms with E-state index >= 15 is 0 Å². The van der Waals surface area contributed by atoms with E-state index in [1.165, 1.54) is 23.9 Å². The number of para-hydroxylation sites is 1. The van der Waals surface area contributed by atoms with E-state index in [1.807, 2.05) is 60.7 Å². The van der Waals surface area contributed by atoms with Crippen molar-refractivity contribution in [2.45, 2.75) is 11.7 Å². The summed E-state index contributed by atoms with van der Waals surface area (Å²) < 4.78 is 0. The molecule has 1 heterocycles. The van der Waals surface area contributed by atoms with Crippen molar-refractivity contribution in [2.75, 3.05) is 4.90 Å². The molecule has 1 amide bonds. The van der Waals surface area contributed by atoms with E-state index in [-0.39, 0.29) is 11.6 Å². The van der Waals surface area contributed by atoms with Crippen molar-refractivity contribution in [1.82, 2.24) is 0 Å². The average molecular weight is 430 g/mol. The summed E-state index contributed by atoms with van der Waals surface area (Å²) in [5.41, 5.74) is 2.34. The third-order valence-electron chi connectivity index (χ3n) is 4.64. The van der Waals surface area contributed by atoms with E-state index in [2.05, 4.69) is 10.2 Å². The van der Waals surface area contributed by atoms with Crippen molar-refractivity contribution in [2.24, 2.45) is 10.2 Å². The van der Waals surface area contributed by atoms with Gasteiger partial charge in [0.15, 0.2) is 5.17 Å². The van der Waals surface area contributed by atoms with Crippen molar-refractivity contribution in [3.63, 3.8) is 0 Å². The number of nitrogens with zero attached hydrogens (tertiary/aromatic N) is 4. The van der Waals surface area contributed by atoms with Crippen molar-refractivity contribution < 1.29 is 9.72 Å². The molecule has 3 aromatic rings. The molecule has 1 atom stereocenters. The summed E-state index contributed by atoms with van der Waals surface area (Å²) in [5.74, 6) is -0.128. The first-order valence-corrected chi connectivity index (χ1v) is 10.4. The minimum absolute atomic E-state index is 0.00853. The summed E-state index contributed by atoms with van der Waals surface area (Å²) in [6.45, 7) is 0. The number of thioether (sulfide) groups is 1. The summed E-state index contributed by atoms with van der Waals surface area (Å²) in [5, 5.41) is 19.6. The number of amidine groups is 1. The van der Waals surface area contributed by atoms with E-state index in [0.29, 0.717) is 17.3 Å². The first-order chi connectivity index (χ1) is 15.1. The number of carbonyl (C=O) groups excluding carboxylic acids is 1. The van der Waals surface area contributed by atoms with Crippen LogP contribution < -0.4 is 4.90 Å². The molecule has 0 aliphatic carbocycles. The van der Waals surface area contributed by atoms with Crippen LogP contribution in [0.5, 0.6) is 0 Å². The molecule has 0 saturated carbocycles. The number of hydrogen-bond donors (Lipinski definition) is 0. The van der Waals surface area contributed by atoms with Crippen LogP contribution in [0, 0.1) is 10.1 Å². The zero-order valence-corrected chi connectivity index (χ0v) is 17.2. The topological polar surface area (TPSA) is 88.2 Å². The van der Waals surface area contributed by atoms with Crippen LogP contribution in [-0.2, 0) is 11.2 Å². The van der Waals surface area contributed by atoms with E-state index in [9.17, 15) is 14.9 Å². The van der Waals surface area contributed by atoms with Crippen LogP contribution in [-0.4, -0.2) is 27.5 Å². The highest BCUT2D eigenvalue weighted by Crippen LogP contribution is 2.34. The third kappa shape index (κ3) is 4.87. The maximum absolute atomic E-state index is 13.2. The Balaban J connectivity index is 1.61. The maximum Gasteiger partial charge on any atom is 0.269 e. The molecule has 31 heavy (non-hydrogen) atoms. The van der Waals surface area contributed by atoms with Crippen molar-refractivity contribution in [3.8, 4) is 0 Å². The standard InChI is InChI=1S/C23H18N4O3S/c28-22-21(15-18-10-7-13-20(14-18)27(29)30)31-23(26(22)19-11-5-2-6-12-19)25-24-16-17-8-3-1-4-9-17/h1-14,16,21H,15H2/b24-16+,25-23-. The number of rotatable bonds is 6. The lowest BCUT2D eigenvalue weighted by atomic mass is 10.1. The van der Waals surface area contributed by atoms with Crippen molar-refractivity contribution >= 4 is 40.4 Å². The molecule has 3 aromatic carbocycles. The Morgan fingerprint density at radius 1 is 1.00 bits per heavy atom. The highest BCUT2D eigenvalue weighted by molar-refractivity contribution is 8.16. The van der Waals surface area contributed by atoms with Gasteiger partial charge in [0.1, 0.15) is 0 Å². The van der Waals surface area contributed by atoms with Gasteiger partial charge in [-0.3, -0.25) is 19.8 Å². The largest absolute Gasteiger partial charge is 0.273 e. The van der Waals surface area contributed by atoms with Crippen LogP contribution in [0.1, 0.15) is 11.1 Å². The van der Waals surface area contributed by atoms with Crippen LogP contribution in [0.3, 0.4) is 0 Å². The summed E-state index contributed by atoms with van der Waals surface area (Å²) in [7, 11) is 0. The number of anilines is 1. The molecule has 1 aliphatic rings. The fraction of sp³-hybridized carbons (Fsp3) is 0.0870. The number of non-ortho nitro benzene ring substituents is 1. The lowest BCUT2D eigenvalue weighted by molar-refractivity contribution is -0.384. The van der Waals surface area contributed by atoms with Gasteiger partial charge in [-0.15, -0.1) is 5.10 Å². The molecule has 0 radical (unpaired) electrons. The zero-order chi connectivity index (χ0) is 21.6. The Morgan fingerprint density at radius 3 is 2.42 bits per heavy atom. The van der Waals surface area contributed by atoms with Crippen LogP contribution >= 0.6 is 11.8 Å². The summed E-state index contributed by atoms with van der Waals surface area (Å²) >= 11 is 1.31. The fourth-order valence-corrected chi connectivity index (χ4v) is 4.31. The van der Waals surface area contributed by atoms with Gasteiger partial charge in [-0.1, -0.05) is 72.4 Å². The molecule has 0 spiro atoms. The molecular weight excluding hydrogens is 412 g/mol. The molecule has 0 aromatic heterocycles. The van der Waals surface area contributed by atoms with Crippen LogP contribution in [0.2, 0.25) is 0 Å². The molecule has 1 unspecified atom stereocenters. The van der Waals surface area contributed by atoms with E-state index in [1.54, 1.807) is 23.2 Å². The maximum atomic E-state index is 13.2. The van der Waals surface area contributed by atoms with Crippen molar-refractivity contribution in [1.29, 1.82) is 0 Å². The number of nitro benzene ring substituents is 1. The number of amides is 1. The minimum atomic E-state index is -0.451. The Bertz CT molecular complexity index is 1150. The van der Waals surface area contributed by atoms with E-state index < -0.39 is 10.2 Å². The molecule has 1 saturated heterocycles. The summed E-state index contributed by atoms with van der Waals surface area (Å²) in [4.78, 5) is 25.4. The minimum Gasteiger partial charge on any atom is -0.273 e. The molecule has 8 heteroatoms. The first kappa shape index (κ1) is 20.5. The highest BCUT2D eigenvalue weighted by Gasteiger charge is 2.39. The van der Waals surface area contributed by atoms with Gasteiger partial charge < -0.3 is 0 Å². The van der Waals surface area contributed by atoms with Gasteiger partial charge in [0.2, 0.25) is 5.91 Å². The van der Waals surface area contributed by atoms with Gasteiger partial charge in [0.05, 0.1) is 22.1 Å².